The normalized spacial score (nSPS) is 18.8. The average Bonchev–Trinajstić information content (AvgIpc) is 3.07. The van der Waals surface area contributed by atoms with Gasteiger partial charge in [-0.1, -0.05) is 56.3 Å². The number of hydrogen-bond acceptors (Lipinski definition) is 3. The SMILES string of the molecule is CCC(C)c1ccc2c(c1)CC(=O)N2CCN1CCN(Cc2ccccc2)CC1. The molecule has 29 heavy (non-hydrogen) atoms. The molecule has 2 aliphatic rings. The summed E-state index contributed by atoms with van der Waals surface area (Å²) in [6.07, 6.45) is 1.69. The van der Waals surface area contributed by atoms with Gasteiger partial charge in [0.05, 0.1) is 6.42 Å². The number of rotatable bonds is 7. The van der Waals surface area contributed by atoms with Crippen LogP contribution >= 0.6 is 0 Å². The van der Waals surface area contributed by atoms with Crippen molar-refractivity contribution in [2.75, 3.05) is 44.2 Å². The van der Waals surface area contributed by atoms with Gasteiger partial charge in [0.25, 0.3) is 0 Å². The van der Waals surface area contributed by atoms with Crippen molar-refractivity contribution >= 4 is 11.6 Å². The van der Waals surface area contributed by atoms with E-state index in [1.807, 2.05) is 4.90 Å². The maximum atomic E-state index is 12.6. The highest BCUT2D eigenvalue weighted by atomic mass is 16.2. The Labute approximate surface area is 175 Å². The van der Waals surface area contributed by atoms with Gasteiger partial charge in [-0.05, 0) is 35.1 Å². The molecule has 1 fully saturated rings. The van der Waals surface area contributed by atoms with E-state index in [1.54, 1.807) is 0 Å². The Morgan fingerprint density at radius 2 is 1.66 bits per heavy atom. The van der Waals surface area contributed by atoms with Gasteiger partial charge in [-0.3, -0.25) is 14.6 Å². The summed E-state index contributed by atoms with van der Waals surface area (Å²) in [7, 11) is 0. The first kappa shape index (κ1) is 20.1. The molecule has 1 atom stereocenters. The highest BCUT2D eigenvalue weighted by Gasteiger charge is 2.28. The molecule has 4 rings (SSSR count). The Morgan fingerprint density at radius 1 is 0.931 bits per heavy atom. The number of carbonyl (C=O) groups is 1. The summed E-state index contributed by atoms with van der Waals surface area (Å²) in [6.45, 7) is 11.6. The van der Waals surface area contributed by atoms with Crippen LogP contribution in [0.4, 0.5) is 5.69 Å². The predicted octanol–water partition coefficient (Wildman–Crippen LogP) is 3.91. The summed E-state index contributed by atoms with van der Waals surface area (Å²) in [4.78, 5) is 19.6. The first-order valence-corrected chi connectivity index (χ1v) is 11.1. The van der Waals surface area contributed by atoms with Crippen molar-refractivity contribution < 1.29 is 4.79 Å². The Kier molecular flexibility index (Phi) is 6.31. The van der Waals surface area contributed by atoms with Crippen LogP contribution in [-0.4, -0.2) is 55.0 Å². The van der Waals surface area contributed by atoms with Gasteiger partial charge in [0.2, 0.25) is 5.91 Å². The molecule has 2 aromatic carbocycles. The summed E-state index contributed by atoms with van der Waals surface area (Å²) in [6, 6.07) is 17.3. The standard InChI is InChI=1S/C25H33N3O/c1-3-20(2)22-9-10-24-23(17-22)18-25(29)28(24)16-15-26-11-13-27(14-12-26)19-21-7-5-4-6-8-21/h4-10,17,20H,3,11-16,18-19H2,1-2H3. The third-order valence-electron chi connectivity index (χ3n) is 6.57. The lowest BCUT2D eigenvalue weighted by atomic mass is 9.96. The van der Waals surface area contributed by atoms with Gasteiger partial charge in [0, 0.05) is 51.5 Å². The maximum absolute atomic E-state index is 12.6. The molecular weight excluding hydrogens is 358 g/mol. The fraction of sp³-hybridized carbons (Fsp3) is 0.480. The van der Waals surface area contributed by atoms with E-state index < -0.39 is 0 Å². The van der Waals surface area contributed by atoms with E-state index in [1.165, 1.54) is 16.7 Å². The number of benzene rings is 2. The number of amides is 1. The first-order valence-electron chi connectivity index (χ1n) is 11.1. The van der Waals surface area contributed by atoms with Crippen LogP contribution in [0.25, 0.3) is 0 Å². The third-order valence-corrected chi connectivity index (χ3v) is 6.57. The Bertz CT molecular complexity index is 827. The second-order valence-corrected chi connectivity index (χ2v) is 8.52. The van der Waals surface area contributed by atoms with E-state index in [0.29, 0.717) is 12.3 Å². The minimum absolute atomic E-state index is 0.254. The predicted molar refractivity (Wildman–Crippen MR) is 119 cm³/mol. The molecule has 4 nitrogen and oxygen atoms in total. The molecule has 1 unspecified atom stereocenters. The van der Waals surface area contributed by atoms with Crippen molar-refractivity contribution in [2.24, 2.45) is 0 Å². The topological polar surface area (TPSA) is 26.8 Å². The Hall–Kier alpha value is -2.17. The van der Waals surface area contributed by atoms with Crippen molar-refractivity contribution in [1.29, 1.82) is 0 Å². The average molecular weight is 392 g/mol. The van der Waals surface area contributed by atoms with Crippen molar-refractivity contribution in [3.05, 3.63) is 65.2 Å². The smallest absolute Gasteiger partial charge is 0.231 e. The van der Waals surface area contributed by atoms with E-state index >= 15 is 0 Å². The lowest BCUT2D eigenvalue weighted by Gasteiger charge is -2.35. The van der Waals surface area contributed by atoms with Gasteiger partial charge < -0.3 is 4.90 Å². The van der Waals surface area contributed by atoms with Crippen LogP contribution in [0.2, 0.25) is 0 Å². The lowest BCUT2D eigenvalue weighted by molar-refractivity contribution is -0.117. The molecule has 4 heteroatoms. The van der Waals surface area contributed by atoms with Crippen molar-refractivity contribution in [1.82, 2.24) is 9.80 Å². The minimum atomic E-state index is 0.254. The molecular formula is C25H33N3O. The highest BCUT2D eigenvalue weighted by Crippen LogP contribution is 2.32. The number of fused-ring (bicyclic) bond motifs is 1. The summed E-state index contributed by atoms with van der Waals surface area (Å²) in [5, 5.41) is 0. The Balaban J connectivity index is 1.29. The van der Waals surface area contributed by atoms with Crippen LogP contribution < -0.4 is 4.90 Å². The molecule has 0 N–H and O–H groups in total. The maximum Gasteiger partial charge on any atom is 0.231 e. The molecule has 0 spiro atoms. The van der Waals surface area contributed by atoms with E-state index in [9.17, 15) is 4.79 Å². The lowest BCUT2D eigenvalue weighted by Crippen LogP contribution is -2.48. The largest absolute Gasteiger partial charge is 0.311 e. The number of nitrogens with zero attached hydrogens (tertiary/aromatic N) is 3. The van der Waals surface area contributed by atoms with Gasteiger partial charge in [-0.25, -0.2) is 0 Å². The fourth-order valence-electron chi connectivity index (χ4n) is 4.44. The summed E-state index contributed by atoms with van der Waals surface area (Å²) in [5.74, 6) is 0.806. The van der Waals surface area contributed by atoms with Crippen LogP contribution in [0.1, 0.15) is 42.9 Å². The second-order valence-electron chi connectivity index (χ2n) is 8.52. The van der Waals surface area contributed by atoms with Crippen LogP contribution in [0.15, 0.2) is 48.5 Å². The van der Waals surface area contributed by atoms with E-state index in [-0.39, 0.29) is 5.91 Å². The second kappa shape index (κ2) is 9.10. The molecule has 1 amide bonds. The summed E-state index contributed by atoms with van der Waals surface area (Å²) >= 11 is 0. The molecule has 0 aliphatic carbocycles. The monoisotopic (exact) mass is 391 g/mol. The molecule has 2 aliphatic heterocycles. The fourth-order valence-corrected chi connectivity index (χ4v) is 4.44. The molecule has 154 valence electrons. The number of anilines is 1. The number of piperazine rings is 1. The highest BCUT2D eigenvalue weighted by molar-refractivity contribution is 6.01. The summed E-state index contributed by atoms with van der Waals surface area (Å²) < 4.78 is 0. The zero-order valence-corrected chi connectivity index (χ0v) is 17.8. The molecule has 2 heterocycles. The van der Waals surface area contributed by atoms with Gasteiger partial charge in [-0.15, -0.1) is 0 Å². The van der Waals surface area contributed by atoms with E-state index in [2.05, 4.69) is 72.2 Å². The molecule has 2 aromatic rings. The van der Waals surface area contributed by atoms with Gasteiger partial charge >= 0.3 is 0 Å². The van der Waals surface area contributed by atoms with Crippen LogP contribution in [0.5, 0.6) is 0 Å². The first-order chi connectivity index (χ1) is 14.1. The van der Waals surface area contributed by atoms with Crippen molar-refractivity contribution in [3.63, 3.8) is 0 Å². The van der Waals surface area contributed by atoms with E-state index in [0.717, 1.165) is 57.9 Å². The van der Waals surface area contributed by atoms with Crippen LogP contribution in [0.3, 0.4) is 0 Å². The summed E-state index contributed by atoms with van der Waals surface area (Å²) in [5.41, 5.74) is 5.08. The molecule has 0 radical (unpaired) electrons. The number of hydrogen-bond donors (Lipinski definition) is 0. The quantitative estimate of drug-likeness (QED) is 0.716. The molecule has 0 bridgehead atoms. The van der Waals surface area contributed by atoms with Crippen LogP contribution in [-0.2, 0) is 17.8 Å². The zero-order chi connectivity index (χ0) is 20.2. The molecule has 0 aromatic heterocycles. The molecule has 0 saturated carbocycles. The van der Waals surface area contributed by atoms with Gasteiger partial charge in [-0.2, -0.15) is 0 Å². The number of carbonyl (C=O) groups excluding carboxylic acids is 1. The zero-order valence-electron chi connectivity index (χ0n) is 17.8. The van der Waals surface area contributed by atoms with Crippen molar-refractivity contribution in [2.45, 2.75) is 39.2 Å². The van der Waals surface area contributed by atoms with Gasteiger partial charge in [0.1, 0.15) is 0 Å². The van der Waals surface area contributed by atoms with Gasteiger partial charge in [0.15, 0.2) is 0 Å². The van der Waals surface area contributed by atoms with Crippen molar-refractivity contribution in [3.8, 4) is 0 Å². The van der Waals surface area contributed by atoms with Crippen LogP contribution in [0, 0.1) is 0 Å². The minimum Gasteiger partial charge on any atom is -0.311 e. The Morgan fingerprint density at radius 3 is 2.38 bits per heavy atom. The third kappa shape index (κ3) is 4.71. The van der Waals surface area contributed by atoms with E-state index in [4.69, 9.17) is 0 Å². The molecule has 1 saturated heterocycles.